The molecule has 0 aliphatic heterocycles. The van der Waals surface area contributed by atoms with Crippen LogP contribution in [0.25, 0.3) is 0 Å². The zero-order chi connectivity index (χ0) is 19.4. The summed E-state index contributed by atoms with van der Waals surface area (Å²) in [6.07, 6.45) is 25.3. The first kappa shape index (κ1) is 19.7. The molecule has 1 saturated carbocycles. The van der Waals surface area contributed by atoms with E-state index in [9.17, 15) is 0 Å². The molecule has 0 amide bonds. The lowest BCUT2D eigenvalue weighted by Crippen LogP contribution is -2.34. The average molecular weight is 375 g/mol. The second-order valence-corrected chi connectivity index (χ2v) is 9.70. The molecule has 0 spiro atoms. The van der Waals surface area contributed by atoms with Gasteiger partial charge in [-0.1, -0.05) is 106 Å². The van der Waals surface area contributed by atoms with E-state index in [4.69, 9.17) is 0 Å². The van der Waals surface area contributed by atoms with Gasteiger partial charge >= 0.3 is 0 Å². The Morgan fingerprint density at radius 1 is 0.929 bits per heavy atom. The van der Waals surface area contributed by atoms with E-state index in [1.807, 2.05) is 0 Å². The van der Waals surface area contributed by atoms with E-state index in [1.54, 1.807) is 5.57 Å². The molecular formula is C28H38. The van der Waals surface area contributed by atoms with Crippen LogP contribution < -0.4 is 0 Å². The van der Waals surface area contributed by atoms with Gasteiger partial charge in [0, 0.05) is 11.3 Å². The lowest BCUT2D eigenvalue weighted by Gasteiger charge is -2.45. The maximum absolute atomic E-state index is 2.62. The fourth-order valence-corrected chi connectivity index (χ4v) is 5.99. The first-order valence-corrected chi connectivity index (χ1v) is 11.8. The van der Waals surface area contributed by atoms with Crippen LogP contribution in [0.4, 0.5) is 0 Å². The van der Waals surface area contributed by atoms with Crippen LogP contribution in [-0.2, 0) is 0 Å². The van der Waals surface area contributed by atoms with Crippen LogP contribution in [0.15, 0.2) is 66.3 Å². The van der Waals surface area contributed by atoms with Crippen molar-refractivity contribution >= 4 is 0 Å². The van der Waals surface area contributed by atoms with Gasteiger partial charge in [-0.3, -0.25) is 0 Å². The fourth-order valence-electron chi connectivity index (χ4n) is 5.99. The molecule has 150 valence electrons. The highest BCUT2D eigenvalue weighted by Gasteiger charge is 2.41. The molecule has 1 aromatic rings. The van der Waals surface area contributed by atoms with E-state index >= 15 is 0 Å². The molecule has 3 aliphatic rings. The summed E-state index contributed by atoms with van der Waals surface area (Å²) in [5.41, 5.74) is 3.34. The number of hydrogen-bond acceptors (Lipinski definition) is 0. The standard InChI is InChI=1S/C28H38/c1-3-7-23-12-16-27(17-13-23)28(26-14-10-22(2)11-15-26)20-18-25(19-21-28)24-8-5-4-6-9-24/h4-6,8-9,14,18-23,25,27H,3,7,10-13,15-17H2,1-2H3. The molecule has 0 aromatic heterocycles. The van der Waals surface area contributed by atoms with E-state index in [0.29, 0.717) is 5.92 Å². The Bertz CT molecular complexity index is 698. The van der Waals surface area contributed by atoms with Crippen molar-refractivity contribution in [2.24, 2.45) is 23.2 Å². The molecule has 0 saturated heterocycles. The zero-order valence-electron chi connectivity index (χ0n) is 17.9. The third-order valence-electron chi connectivity index (χ3n) is 7.79. The second-order valence-electron chi connectivity index (χ2n) is 9.70. The summed E-state index contributed by atoms with van der Waals surface area (Å²) in [5, 5.41) is 0. The Kier molecular flexibility index (Phi) is 6.24. The lowest BCUT2D eigenvalue weighted by molar-refractivity contribution is 0.192. The predicted molar refractivity (Wildman–Crippen MR) is 121 cm³/mol. The smallest absolute Gasteiger partial charge is 0.0300 e. The summed E-state index contributed by atoms with van der Waals surface area (Å²) in [5.74, 6) is 3.07. The van der Waals surface area contributed by atoms with Crippen LogP contribution in [-0.4, -0.2) is 0 Å². The summed E-state index contributed by atoms with van der Waals surface area (Å²) in [4.78, 5) is 0. The Labute approximate surface area is 172 Å². The quantitative estimate of drug-likeness (QED) is 0.455. The molecule has 0 bridgehead atoms. The summed E-state index contributed by atoms with van der Waals surface area (Å²) < 4.78 is 0. The van der Waals surface area contributed by atoms with Gasteiger partial charge in [-0.05, 0) is 55.4 Å². The van der Waals surface area contributed by atoms with E-state index in [0.717, 1.165) is 17.8 Å². The van der Waals surface area contributed by atoms with Crippen molar-refractivity contribution in [1.29, 1.82) is 0 Å². The van der Waals surface area contributed by atoms with Crippen molar-refractivity contribution in [1.82, 2.24) is 0 Å². The SMILES string of the molecule is CCCC1CCC(C2(C3=CCC(C)CC3)C=CC(c3ccccc3)C=C2)CC1. The van der Waals surface area contributed by atoms with Gasteiger partial charge in [0.25, 0.3) is 0 Å². The third kappa shape index (κ3) is 4.07. The first-order valence-electron chi connectivity index (χ1n) is 11.8. The minimum absolute atomic E-state index is 0.197. The molecule has 1 aromatic carbocycles. The van der Waals surface area contributed by atoms with Gasteiger partial charge in [0.1, 0.15) is 0 Å². The number of rotatable bonds is 5. The van der Waals surface area contributed by atoms with Crippen molar-refractivity contribution in [3.8, 4) is 0 Å². The molecule has 28 heavy (non-hydrogen) atoms. The van der Waals surface area contributed by atoms with Gasteiger partial charge in [-0.25, -0.2) is 0 Å². The number of benzene rings is 1. The van der Waals surface area contributed by atoms with Crippen LogP contribution in [0.2, 0.25) is 0 Å². The van der Waals surface area contributed by atoms with Gasteiger partial charge in [0.2, 0.25) is 0 Å². The highest BCUT2D eigenvalue weighted by atomic mass is 14.4. The van der Waals surface area contributed by atoms with E-state index in [1.165, 1.54) is 63.4 Å². The second kappa shape index (κ2) is 8.85. The molecule has 1 fully saturated rings. The number of hydrogen-bond donors (Lipinski definition) is 0. The molecule has 0 radical (unpaired) electrons. The Balaban J connectivity index is 1.58. The van der Waals surface area contributed by atoms with E-state index in [-0.39, 0.29) is 5.41 Å². The normalized spacial score (nSPS) is 35.6. The monoisotopic (exact) mass is 374 g/mol. The summed E-state index contributed by atoms with van der Waals surface area (Å²) in [6, 6.07) is 11.0. The summed E-state index contributed by atoms with van der Waals surface area (Å²) in [7, 11) is 0. The van der Waals surface area contributed by atoms with Crippen LogP contribution in [0.3, 0.4) is 0 Å². The molecule has 1 atom stereocenters. The zero-order valence-corrected chi connectivity index (χ0v) is 17.9. The lowest BCUT2D eigenvalue weighted by atomic mass is 9.59. The predicted octanol–water partition coefficient (Wildman–Crippen LogP) is 8.24. The molecule has 3 aliphatic carbocycles. The maximum atomic E-state index is 2.62. The van der Waals surface area contributed by atoms with Crippen molar-refractivity contribution < 1.29 is 0 Å². The molecule has 0 heteroatoms. The summed E-state index contributed by atoms with van der Waals surface area (Å²) >= 11 is 0. The van der Waals surface area contributed by atoms with E-state index in [2.05, 4.69) is 74.6 Å². The van der Waals surface area contributed by atoms with Gasteiger partial charge in [-0.15, -0.1) is 0 Å². The van der Waals surface area contributed by atoms with Gasteiger partial charge in [0.05, 0.1) is 0 Å². The Morgan fingerprint density at radius 2 is 1.64 bits per heavy atom. The molecule has 0 nitrogen and oxygen atoms in total. The fraction of sp³-hybridized carbons (Fsp3) is 0.571. The number of allylic oxidation sites excluding steroid dienone is 6. The third-order valence-corrected chi connectivity index (χ3v) is 7.79. The minimum Gasteiger partial charge on any atom is -0.0839 e. The van der Waals surface area contributed by atoms with E-state index < -0.39 is 0 Å². The van der Waals surface area contributed by atoms with Crippen LogP contribution in [0, 0.1) is 23.2 Å². The minimum atomic E-state index is 0.197. The van der Waals surface area contributed by atoms with Gasteiger partial charge in [0.15, 0.2) is 0 Å². The van der Waals surface area contributed by atoms with Crippen molar-refractivity contribution in [3.05, 3.63) is 71.8 Å². The van der Waals surface area contributed by atoms with Crippen LogP contribution in [0.5, 0.6) is 0 Å². The highest BCUT2D eigenvalue weighted by Crippen LogP contribution is 2.52. The highest BCUT2D eigenvalue weighted by molar-refractivity contribution is 5.41. The molecular weight excluding hydrogens is 336 g/mol. The van der Waals surface area contributed by atoms with Crippen molar-refractivity contribution in [3.63, 3.8) is 0 Å². The largest absolute Gasteiger partial charge is 0.0839 e. The Morgan fingerprint density at radius 3 is 2.25 bits per heavy atom. The molecule has 0 N–H and O–H groups in total. The molecule has 1 unspecified atom stereocenters. The van der Waals surface area contributed by atoms with Crippen LogP contribution in [0.1, 0.15) is 83.1 Å². The molecule has 0 heterocycles. The van der Waals surface area contributed by atoms with Gasteiger partial charge in [-0.2, -0.15) is 0 Å². The van der Waals surface area contributed by atoms with Crippen molar-refractivity contribution in [2.75, 3.05) is 0 Å². The average Bonchev–Trinajstić information content (AvgIpc) is 2.76. The topological polar surface area (TPSA) is 0 Å². The van der Waals surface area contributed by atoms with Gasteiger partial charge < -0.3 is 0 Å². The van der Waals surface area contributed by atoms with Crippen molar-refractivity contribution in [2.45, 2.75) is 77.6 Å². The maximum Gasteiger partial charge on any atom is 0.0300 e. The Hall–Kier alpha value is -1.56. The molecule has 4 rings (SSSR count). The summed E-state index contributed by atoms with van der Waals surface area (Å²) in [6.45, 7) is 4.76. The van der Waals surface area contributed by atoms with Crippen LogP contribution >= 0.6 is 0 Å². The first-order chi connectivity index (χ1) is 13.7.